The van der Waals surface area contributed by atoms with Crippen molar-refractivity contribution in [2.75, 3.05) is 0 Å². The number of nitrogens with one attached hydrogen (secondary N) is 1. The summed E-state index contributed by atoms with van der Waals surface area (Å²) in [7, 11) is 0. The van der Waals surface area contributed by atoms with Crippen LogP contribution in [0.2, 0.25) is 0 Å². The van der Waals surface area contributed by atoms with Crippen molar-refractivity contribution in [3.8, 4) is 5.69 Å². The van der Waals surface area contributed by atoms with Gasteiger partial charge in [0.25, 0.3) is 0 Å². The Morgan fingerprint density at radius 1 is 1.28 bits per heavy atom. The van der Waals surface area contributed by atoms with Crippen LogP contribution in [0.5, 0.6) is 0 Å². The summed E-state index contributed by atoms with van der Waals surface area (Å²) in [6.45, 7) is 5.36. The molecule has 0 spiro atoms. The highest BCUT2D eigenvalue weighted by Crippen LogP contribution is 2.08. The number of nitrogens with zero attached hydrogens (tertiary/aromatic N) is 3. The molecule has 1 heterocycles. The molecule has 0 saturated carbocycles. The standard InChI is InChI=1S/C14H20N4/c1-3-4-12(2)15-11-13-5-7-14(8-6-13)18-10-9-16-17-18/h5-10,12,15H,3-4,11H2,1-2H3. The minimum absolute atomic E-state index is 0.574. The predicted octanol–water partition coefficient (Wildman–Crippen LogP) is 2.55. The summed E-state index contributed by atoms with van der Waals surface area (Å²) >= 11 is 0. The van der Waals surface area contributed by atoms with Crippen molar-refractivity contribution < 1.29 is 0 Å². The molecule has 0 saturated heterocycles. The molecule has 0 aliphatic rings. The molecule has 1 atom stereocenters. The first-order chi connectivity index (χ1) is 8.79. The molecule has 0 aliphatic carbocycles. The van der Waals surface area contributed by atoms with Crippen molar-refractivity contribution in [1.82, 2.24) is 20.3 Å². The van der Waals surface area contributed by atoms with Crippen LogP contribution in [0.3, 0.4) is 0 Å². The Bertz CT molecular complexity index is 447. The SMILES string of the molecule is CCCC(C)NCc1ccc(-n2ccnn2)cc1. The molecule has 1 aromatic heterocycles. The van der Waals surface area contributed by atoms with Gasteiger partial charge in [-0.15, -0.1) is 5.10 Å². The molecule has 4 heteroatoms. The van der Waals surface area contributed by atoms with E-state index in [-0.39, 0.29) is 0 Å². The van der Waals surface area contributed by atoms with Gasteiger partial charge in [0.05, 0.1) is 18.1 Å². The maximum absolute atomic E-state index is 3.97. The molecule has 0 bridgehead atoms. The lowest BCUT2D eigenvalue weighted by molar-refractivity contribution is 0.508. The Labute approximate surface area is 108 Å². The lowest BCUT2D eigenvalue weighted by atomic mass is 10.1. The van der Waals surface area contributed by atoms with Gasteiger partial charge >= 0.3 is 0 Å². The molecule has 1 aromatic carbocycles. The first-order valence-corrected chi connectivity index (χ1v) is 6.48. The van der Waals surface area contributed by atoms with Crippen LogP contribution in [0, 0.1) is 0 Å². The van der Waals surface area contributed by atoms with Gasteiger partial charge in [0, 0.05) is 12.6 Å². The Hall–Kier alpha value is -1.68. The monoisotopic (exact) mass is 244 g/mol. The molecule has 0 aliphatic heterocycles. The number of benzene rings is 1. The number of hydrogen-bond acceptors (Lipinski definition) is 3. The number of aromatic nitrogens is 3. The van der Waals surface area contributed by atoms with Crippen LogP contribution in [-0.4, -0.2) is 21.0 Å². The van der Waals surface area contributed by atoms with Gasteiger partial charge in [-0.1, -0.05) is 30.7 Å². The molecule has 18 heavy (non-hydrogen) atoms. The van der Waals surface area contributed by atoms with Gasteiger partial charge in [-0.05, 0) is 31.0 Å². The van der Waals surface area contributed by atoms with Gasteiger partial charge in [-0.2, -0.15) is 0 Å². The fourth-order valence-corrected chi connectivity index (χ4v) is 1.94. The van der Waals surface area contributed by atoms with Crippen LogP contribution in [0.15, 0.2) is 36.7 Å². The van der Waals surface area contributed by atoms with Crippen molar-refractivity contribution >= 4 is 0 Å². The molecular formula is C14H20N4. The van der Waals surface area contributed by atoms with E-state index in [1.165, 1.54) is 18.4 Å². The highest BCUT2D eigenvalue weighted by molar-refractivity contribution is 5.33. The van der Waals surface area contributed by atoms with Gasteiger partial charge < -0.3 is 5.32 Å². The third-order valence-corrected chi connectivity index (χ3v) is 3.00. The van der Waals surface area contributed by atoms with Crippen LogP contribution in [-0.2, 0) is 6.54 Å². The van der Waals surface area contributed by atoms with E-state index in [0.29, 0.717) is 6.04 Å². The third kappa shape index (κ3) is 3.40. The fourth-order valence-electron chi connectivity index (χ4n) is 1.94. The molecule has 4 nitrogen and oxygen atoms in total. The normalized spacial score (nSPS) is 12.6. The van der Waals surface area contributed by atoms with Crippen LogP contribution in [0.25, 0.3) is 5.69 Å². The summed E-state index contributed by atoms with van der Waals surface area (Å²) in [6, 6.07) is 8.96. The van der Waals surface area contributed by atoms with Crippen molar-refractivity contribution in [3.63, 3.8) is 0 Å². The van der Waals surface area contributed by atoms with Crippen LogP contribution in [0.4, 0.5) is 0 Å². The van der Waals surface area contributed by atoms with E-state index >= 15 is 0 Å². The minimum atomic E-state index is 0.574. The lowest BCUT2D eigenvalue weighted by Gasteiger charge is -2.12. The van der Waals surface area contributed by atoms with Gasteiger partial charge in [-0.3, -0.25) is 0 Å². The molecule has 0 radical (unpaired) electrons. The van der Waals surface area contributed by atoms with Gasteiger partial charge in [-0.25, -0.2) is 4.68 Å². The Morgan fingerprint density at radius 3 is 2.67 bits per heavy atom. The molecule has 2 rings (SSSR count). The molecular weight excluding hydrogens is 224 g/mol. The second kappa shape index (κ2) is 6.31. The van der Waals surface area contributed by atoms with E-state index in [2.05, 4.69) is 53.7 Å². The van der Waals surface area contributed by atoms with Crippen molar-refractivity contribution in [2.45, 2.75) is 39.3 Å². The molecule has 1 unspecified atom stereocenters. The summed E-state index contributed by atoms with van der Waals surface area (Å²) in [5.74, 6) is 0. The van der Waals surface area contributed by atoms with Crippen molar-refractivity contribution in [1.29, 1.82) is 0 Å². The van der Waals surface area contributed by atoms with E-state index in [1.54, 1.807) is 10.9 Å². The predicted molar refractivity (Wildman–Crippen MR) is 72.6 cm³/mol. The second-order valence-corrected chi connectivity index (χ2v) is 4.58. The lowest BCUT2D eigenvalue weighted by Crippen LogP contribution is -2.25. The maximum atomic E-state index is 3.97. The van der Waals surface area contributed by atoms with E-state index in [0.717, 1.165) is 12.2 Å². The maximum Gasteiger partial charge on any atom is 0.0697 e. The zero-order chi connectivity index (χ0) is 12.8. The Kier molecular flexibility index (Phi) is 4.47. The van der Waals surface area contributed by atoms with E-state index in [1.807, 2.05) is 6.20 Å². The summed E-state index contributed by atoms with van der Waals surface area (Å²) in [4.78, 5) is 0. The zero-order valence-electron chi connectivity index (χ0n) is 11.0. The summed E-state index contributed by atoms with van der Waals surface area (Å²) in [5.41, 5.74) is 2.33. The number of rotatable bonds is 6. The van der Waals surface area contributed by atoms with Gasteiger partial charge in [0.1, 0.15) is 0 Å². The molecule has 2 aromatic rings. The Balaban J connectivity index is 1.92. The highest BCUT2D eigenvalue weighted by Gasteiger charge is 2.01. The fraction of sp³-hybridized carbons (Fsp3) is 0.429. The molecule has 96 valence electrons. The van der Waals surface area contributed by atoms with Crippen LogP contribution < -0.4 is 5.32 Å². The van der Waals surface area contributed by atoms with E-state index < -0.39 is 0 Å². The van der Waals surface area contributed by atoms with Crippen molar-refractivity contribution in [2.24, 2.45) is 0 Å². The topological polar surface area (TPSA) is 42.7 Å². The quantitative estimate of drug-likeness (QED) is 0.849. The van der Waals surface area contributed by atoms with E-state index in [9.17, 15) is 0 Å². The minimum Gasteiger partial charge on any atom is -0.310 e. The highest BCUT2D eigenvalue weighted by atomic mass is 15.4. The molecule has 0 fully saturated rings. The summed E-state index contributed by atoms with van der Waals surface area (Å²) < 4.78 is 1.76. The van der Waals surface area contributed by atoms with Crippen LogP contribution in [0.1, 0.15) is 32.3 Å². The molecule has 0 amide bonds. The Morgan fingerprint density at radius 2 is 2.06 bits per heavy atom. The first-order valence-electron chi connectivity index (χ1n) is 6.48. The largest absolute Gasteiger partial charge is 0.310 e. The molecule has 1 N–H and O–H groups in total. The van der Waals surface area contributed by atoms with Gasteiger partial charge in [0.2, 0.25) is 0 Å². The van der Waals surface area contributed by atoms with Gasteiger partial charge in [0.15, 0.2) is 0 Å². The number of hydrogen-bond donors (Lipinski definition) is 1. The third-order valence-electron chi connectivity index (χ3n) is 3.00. The average molecular weight is 244 g/mol. The summed E-state index contributed by atoms with van der Waals surface area (Å²) in [5, 5.41) is 11.3. The first kappa shape index (κ1) is 12.8. The summed E-state index contributed by atoms with van der Waals surface area (Å²) in [6.07, 6.45) is 5.97. The average Bonchev–Trinajstić information content (AvgIpc) is 2.91. The van der Waals surface area contributed by atoms with Crippen molar-refractivity contribution in [3.05, 3.63) is 42.2 Å². The smallest absolute Gasteiger partial charge is 0.0697 e. The second-order valence-electron chi connectivity index (χ2n) is 4.58. The van der Waals surface area contributed by atoms with Crippen LogP contribution >= 0.6 is 0 Å². The van der Waals surface area contributed by atoms with E-state index in [4.69, 9.17) is 0 Å². The zero-order valence-corrected chi connectivity index (χ0v) is 11.0.